The molecule has 0 amide bonds. The molecule has 126 valence electrons. The van der Waals surface area contributed by atoms with Gasteiger partial charge in [0.2, 0.25) is 0 Å². The lowest BCUT2D eigenvalue weighted by Gasteiger charge is -2.08. The highest BCUT2D eigenvalue weighted by Gasteiger charge is 2.23. The van der Waals surface area contributed by atoms with Crippen molar-refractivity contribution in [2.24, 2.45) is 0 Å². The van der Waals surface area contributed by atoms with Gasteiger partial charge in [0.25, 0.3) is 0 Å². The molecular weight excluding hydrogens is 310 g/mol. The minimum atomic E-state index is 0.0173. The fourth-order valence-corrected chi connectivity index (χ4v) is 3.52. The number of carbonyl (C=O) groups excluding carboxylic acids is 1. The smallest absolute Gasteiger partial charge is 0.195 e. The van der Waals surface area contributed by atoms with Gasteiger partial charge in [0.05, 0.1) is 23.1 Å². The Hall–Kier alpha value is -2.81. The van der Waals surface area contributed by atoms with Crippen LogP contribution >= 0.6 is 0 Å². The molecule has 2 aromatic heterocycles. The number of hydrogen-bond acceptors (Lipinski definition) is 2. The van der Waals surface area contributed by atoms with Gasteiger partial charge in [-0.3, -0.25) is 4.79 Å². The summed E-state index contributed by atoms with van der Waals surface area (Å²) >= 11 is 0. The molecule has 25 heavy (non-hydrogen) atoms. The Balaban J connectivity index is 1.83. The van der Waals surface area contributed by atoms with E-state index in [0.717, 1.165) is 29.9 Å². The molecule has 0 bridgehead atoms. The monoisotopic (exact) mass is 331 g/mol. The van der Waals surface area contributed by atoms with Gasteiger partial charge in [-0.1, -0.05) is 42.8 Å². The van der Waals surface area contributed by atoms with E-state index in [9.17, 15) is 4.79 Å². The predicted molar refractivity (Wildman–Crippen MR) is 99.4 cm³/mol. The second-order valence-electron chi connectivity index (χ2n) is 6.45. The average molecular weight is 331 g/mol. The quantitative estimate of drug-likeness (QED) is 0.609. The lowest BCUT2D eigenvalue weighted by molar-refractivity contribution is 0.103. The zero-order valence-corrected chi connectivity index (χ0v) is 14.1. The second-order valence-corrected chi connectivity index (χ2v) is 6.45. The number of hydrogen-bond donors (Lipinski definition) is 1. The van der Waals surface area contributed by atoms with Crippen LogP contribution in [0.2, 0.25) is 0 Å². The fraction of sp³-hybridized carbons (Fsp3) is 0.227. The van der Waals surface area contributed by atoms with Crippen LogP contribution in [0, 0.1) is 0 Å². The van der Waals surface area contributed by atoms with Gasteiger partial charge in [-0.15, -0.1) is 0 Å². The van der Waals surface area contributed by atoms with E-state index in [1.54, 1.807) is 6.26 Å². The molecule has 2 heterocycles. The van der Waals surface area contributed by atoms with Crippen molar-refractivity contribution in [3.8, 4) is 11.3 Å². The number of aromatic nitrogens is 1. The zero-order chi connectivity index (χ0) is 17.1. The Morgan fingerprint density at radius 2 is 1.88 bits per heavy atom. The third kappa shape index (κ3) is 3.10. The highest BCUT2D eigenvalue weighted by atomic mass is 16.3. The van der Waals surface area contributed by atoms with Crippen molar-refractivity contribution >= 4 is 11.4 Å². The zero-order valence-electron chi connectivity index (χ0n) is 14.1. The van der Waals surface area contributed by atoms with E-state index in [1.165, 1.54) is 24.8 Å². The molecule has 4 rings (SSSR count). The molecule has 1 aromatic carbocycles. The maximum Gasteiger partial charge on any atom is 0.195 e. The maximum atomic E-state index is 13.0. The number of benzene rings is 1. The van der Waals surface area contributed by atoms with Crippen molar-refractivity contribution in [2.45, 2.75) is 32.1 Å². The molecule has 3 heteroatoms. The summed E-state index contributed by atoms with van der Waals surface area (Å²) in [7, 11) is 0. The van der Waals surface area contributed by atoms with Crippen LogP contribution in [0.25, 0.3) is 16.9 Å². The summed E-state index contributed by atoms with van der Waals surface area (Å²) in [5.41, 5.74) is 4.55. The molecule has 0 saturated carbocycles. The van der Waals surface area contributed by atoms with Crippen LogP contribution in [-0.2, 0) is 0 Å². The summed E-state index contributed by atoms with van der Waals surface area (Å²) < 4.78 is 5.67. The van der Waals surface area contributed by atoms with Gasteiger partial charge in [-0.2, -0.15) is 0 Å². The Kier molecular flexibility index (Phi) is 4.38. The number of ketones is 1. The largest absolute Gasteiger partial charge is 0.464 e. The Morgan fingerprint density at radius 1 is 1.00 bits per heavy atom. The number of rotatable bonds is 4. The molecule has 0 saturated heterocycles. The van der Waals surface area contributed by atoms with Gasteiger partial charge in [0.1, 0.15) is 5.76 Å². The number of carbonyl (C=O) groups is 1. The molecular formula is C22H21NO2. The minimum Gasteiger partial charge on any atom is -0.464 e. The van der Waals surface area contributed by atoms with Crippen molar-refractivity contribution < 1.29 is 9.21 Å². The summed E-state index contributed by atoms with van der Waals surface area (Å²) in [4.78, 5) is 16.4. The van der Waals surface area contributed by atoms with Gasteiger partial charge in [0, 0.05) is 11.8 Å². The lowest BCUT2D eigenvalue weighted by Crippen LogP contribution is -2.01. The predicted octanol–water partition coefficient (Wildman–Crippen LogP) is 5.85. The number of allylic oxidation sites excluding steroid dienone is 2. The highest BCUT2D eigenvalue weighted by Crippen LogP contribution is 2.36. The maximum absolute atomic E-state index is 13.0. The fourth-order valence-electron chi connectivity index (χ4n) is 3.52. The van der Waals surface area contributed by atoms with E-state index in [2.05, 4.69) is 11.1 Å². The summed E-state index contributed by atoms with van der Waals surface area (Å²) in [6, 6.07) is 13.2. The number of nitrogens with one attached hydrogen (secondary N) is 1. The van der Waals surface area contributed by atoms with Crippen LogP contribution < -0.4 is 0 Å². The van der Waals surface area contributed by atoms with Gasteiger partial charge >= 0.3 is 0 Å². The first-order valence-corrected chi connectivity index (χ1v) is 8.89. The van der Waals surface area contributed by atoms with Gasteiger partial charge in [-0.25, -0.2) is 0 Å². The van der Waals surface area contributed by atoms with Gasteiger partial charge in [0.15, 0.2) is 5.78 Å². The van der Waals surface area contributed by atoms with Gasteiger partial charge < -0.3 is 9.40 Å². The molecule has 0 spiro atoms. The Bertz CT molecular complexity index is 886. The summed E-state index contributed by atoms with van der Waals surface area (Å²) in [5.74, 6) is 0.754. The number of aromatic amines is 1. The Labute approximate surface area is 147 Å². The Morgan fingerprint density at radius 3 is 2.68 bits per heavy atom. The topological polar surface area (TPSA) is 46.0 Å². The van der Waals surface area contributed by atoms with Crippen LogP contribution in [-0.4, -0.2) is 10.8 Å². The van der Waals surface area contributed by atoms with E-state index < -0.39 is 0 Å². The second kappa shape index (κ2) is 6.98. The standard InChI is InChI=1S/C22H21NO2/c24-22(17-11-6-3-7-12-17)18-15-23-21(16-9-4-1-2-5-10-16)20(18)19-13-8-14-25-19/h3,6-9,11-15,23H,1-2,4-5,10H2. The molecule has 3 aromatic rings. The molecule has 0 radical (unpaired) electrons. The minimum absolute atomic E-state index is 0.0173. The molecule has 0 atom stereocenters. The molecule has 0 fully saturated rings. The third-order valence-corrected chi connectivity index (χ3v) is 4.79. The van der Waals surface area contributed by atoms with Crippen molar-refractivity contribution in [3.63, 3.8) is 0 Å². The van der Waals surface area contributed by atoms with E-state index in [1.807, 2.05) is 48.7 Å². The first kappa shape index (κ1) is 15.7. The first-order chi connectivity index (χ1) is 12.3. The van der Waals surface area contributed by atoms with E-state index in [4.69, 9.17) is 4.42 Å². The average Bonchev–Trinajstić information content (AvgIpc) is 3.25. The van der Waals surface area contributed by atoms with E-state index >= 15 is 0 Å². The third-order valence-electron chi connectivity index (χ3n) is 4.79. The summed E-state index contributed by atoms with van der Waals surface area (Å²) in [5, 5.41) is 0. The normalized spacial score (nSPS) is 14.8. The number of furan rings is 1. The summed E-state index contributed by atoms with van der Waals surface area (Å²) in [6.45, 7) is 0. The van der Waals surface area contributed by atoms with Crippen molar-refractivity contribution in [2.75, 3.05) is 0 Å². The lowest BCUT2D eigenvalue weighted by atomic mass is 9.96. The van der Waals surface area contributed by atoms with E-state index in [-0.39, 0.29) is 5.78 Å². The first-order valence-electron chi connectivity index (χ1n) is 8.89. The van der Waals surface area contributed by atoms with Crippen molar-refractivity contribution in [3.05, 3.63) is 77.8 Å². The molecule has 0 aliphatic heterocycles. The number of H-pyrrole nitrogens is 1. The van der Waals surface area contributed by atoms with Crippen LogP contribution in [0.5, 0.6) is 0 Å². The molecule has 0 unspecified atom stereocenters. The van der Waals surface area contributed by atoms with Gasteiger partial charge in [-0.05, 0) is 43.4 Å². The van der Waals surface area contributed by atoms with Crippen LogP contribution in [0.15, 0.2) is 65.4 Å². The summed E-state index contributed by atoms with van der Waals surface area (Å²) in [6.07, 6.45) is 11.6. The molecule has 1 aliphatic carbocycles. The molecule has 1 N–H and O–H groups in total. The van der Waals surface area contributed by atoms with Crippen molar-refractivity contribution in [1.29, 1.82) is 0 Å². The van der Waals surface area contributed by atoms with Crippen LogP contribution in [0.3, 0.4) is 0 Å². The van der Waals surface area contributed by atoms with E-state index in [0.29, 0.717) is 11.1 Å². The molecule has 1 aliphatic rings. The molecule has 3 nitrogen and oxygen atoms in total. The van der Waals surface area contributed by atoms with Crippen LogP contribution in [0.1, 0.15) is 53.7 Å². The van der Waals surface area contributed by atoms with Crippen LogP contribution in [0.4, 0.5) is 0 Å². The highest BCUT2D eigenvalue weighted by molar-refractivity contribution is 6.13. The SMILES string of the molecule is O=C(c1ccccc1)c1c[nH]c(C2=CCCCCC2)c1-c1ccco1. The van der Waals surface area contributed by atoms with Crippen molar-refractivity contribution in [1.82, 2.24) is 4.98 Å².